The van der Waals surface area contributed by atoms with Crippen LogP contribution in [0, 0.1) is 5.41 Å². The number of hydrogen-bond donors (Lipinski definition) is 1. The third-order valence-electron chi connectivity index (χ3n) is 3.54. The van der Waals surface area contributed by atoms with E-state index in [2.05, 4.69) is 20.8 Å². The van der Waals surface area contributed by atoms with Crippen LogP contribution in [0.5, 0.6) is 0 Å². The second kappa shape index (κ2) is 4.84. The fraction of sp³-hybridized carbons (Fsp3) is 1.00. The molecule has 1 fully saturated rings. The monoisotopic (exact) mass is 214 g/mol. The van der Waals surface area contributed by atoms with Crippen LogP contribution < -0.4 is 0 Å². The van der Waals surface area contributed by atoms with Gasteiger partial charge >= 0.3 is 0 Å². The molecule has 0 radical (unpaired) electrons. The Balaban J connectivity index is 2.35. The maximum absolute atomic E-state index is 10.4. The Hall–Kier alpha value is -0.0800. The van der Waals surface area contributed by atoms with Gasteiger partial charge in [0.1, 0.15) is 0 Å². The molecule has 15 heavy (non-hydrogen) atoms. The van der Waals surface area contributed by atoms with Crippen LogP contribution in [0.2, 0.25) is 0 Å². The average molecular weight is 214 g/mol. The Morgan fingerprint density at radius 2 is 1.80 bits per heavy atom. The molecule has 0 bridgehead atoms. The van der Waals surface area contributed by atoms with E-state index in [0.29, 0.717) is 11.5 Å². The van der Waals surface area contributed by atoms with Gasteiger partial charge in [-0.05, 0) is 43.9 Å². The summed E-state index contributed by atoms with van der Waals surface area (Å²) in [4.78, 5) is 0. The molecule has 2 nitrogen and oxygen atoms in total. The lowest BCUT2D eigenvalue weighted by Crippen LogP contribution is -2.37. The molecule has 1 rings (SSSR count). The molecule has 0 unspecified atom stereocenters. The van der Waals surface area contributed by atoms with Crippen molar-refractivity contribution in [1.29, 1.82) is 0 Å². The molecule has 0 amide bonds. The molecule has 1 N–H and O–H groups in total. The predicted octanol–water partition coefficient (Wildman–Crippen LogP) is 3.13. The molecule has 1 aliphatic rings. The Labute approximate surface area is 94.0 Å². The van der Waals surface area contributed by atoms with Crippen LogP contribution in [0.25, 0.3) is 0 Å². The average Bonchev–Trinajstić information content (AvgIpc) is 2.16. The van der Waals surface area contributed by atoms with Crippen molar-refractivity contribution < 1.29 is 9.84 Å². The molecule has 2 heteroatoms. The predicted molar refractivity (Wildman–Crippen MR) is 62.9 cm³/mol. The van der Waals surface area contributed by atoms with E-state index in [1.165, 1.54) is 0 Å². The minimum Gasteiger partial charge on any atom is -0.390 e. The van der Waals surface area contributed by atoms with Gasteiger partial charge in [0, 0.05) is 7.11 Å². The lowest BCUT2D eigenvalue weighted by Gasteiger charge is -2.37. The number of rotatable bonds is 3. The molecule has 0 aromatic rings. The third-order valence-corrected chi connectivity index (χ3v) is 3.54. The Bertz CT molecular complexity index is 185. The number of hydrogen-bond acceptors (Lipinski definition) is 2. The van der Waals surface area contributed by atoms with Gasteiger partial charge in [0.25, 0.3) is 0 Å². The largest absolute Gasteiger partial charge is 0.390 e. The Kier molecular flexibility index (Phi) is 4.19. The maximum atomic E-state index is 10.4. The Morgan fingerprint density at radius 1 is 1.27 bits per heavy atom. The minimum absolute atomic E-state index is 0.327. The van der Waals surface area contributed by atoms with E-state index in [-0.39, 0.29) is 0 Å². The zero-order valence-electron chi connectivity index (χ0n) is 10.7. The van der Waals surface area contributed by atoms with Crippen LogP contribution in [-0.2, 0) is 4.74 Å². The second-order valence-corrected chi connectivity index (χ2v) is 6.22. The van der Waals surface area contributed by atoms with E-state index in [9.17, 15) is 5.11 Å². The highest BCUT2D eigenvalue weighted by Gasteiger charge is 2.33. The molecule has 0 atom stereocenters. The summed E-state index contributed by atoms with van der Waals surface area (Å²) in [7, 11) is 1.77. The molecule has 0 saturated heterocycles. The minimum atomic E-state index is -0.414. The van der Waals surface area contributed by atoms with Gasteiger partial charge in [-0.15, -0.1) is 0 Å². The zero-order chi connectivity index (χ0) is 11.5. The normalized spacial score (nSPS) is 33.0. The van der Waals surface area contributed by atoms with Crippen LogP contribution in [-0.4, -0.2) is 23.9 Å². The quantitative estimate of drug-likeness (QED) is 0.782. The number of aliphatic hydroxyl groups is 1. The molecule has 0 aliphatic heterocycles. The van der Waals surface area contributed by atoms with E-state index >= 15 is 0 Å². The molecular weight excluding hydrogens is 188 g/mol. The highest BCUT2D eigenvalue weighted by atomic mass is 16.5. The summed E-state index contributed by atoms with van der Waals surface area (Å²) >= 11 is 0. The summed E-state index contributed by atoms with van der Waals surface area (Å²) in [5.41, 5.74) is -0.0872. The maximum Gasteiger partial charge on any atom is 0.0650 e. The fourth-order valence-electron chi connectivity index (χ4n) is 2.22. The molecule has 0 aromatic carbocycles. The van der Waals surface area contributed by atoms with E-state index in [1.54, 1.807) is 7.11 Å². The van der Waals surface area contributed by atoms with Gasteiger partial charge in [-0.25, -0.2) is 0 Å². The first-order valence-corrected chi connectivity index (χ1v) is 6.10. The molecule has 0 heterocycles. The lowest BCUT2D eigenvalue weighted by atomic mass is 9.76. The highest BCUT2D eigenvalue weighted by Crippen LogP contribution is 2.36. The van der Waals surface area contributed by atoms with Crippen molar-refractivity contribution in [1.82, 2.24) is 0 Å². The van der Waals surface area contributed by atoms with Gasteiger partial charge in [0.15, 0.2) is 0 Å². The zero-order valence-corrected chi connectivity index (χ0v) is 10.7. The first kappa shape index (κ1) is 13.0. The highest BCUT2D eigenvalue weighted by molar-refractivity contribution is 4.86. The van der Waals surface area contributed by atoms with Crippen molar-refractivity contribution >= 4 is 0 Å². The summed E-state index contributed by atoms with van der Waals surface area (Å²) < 4.78 is 5.32. The van der Waals surface area contributed by atoms with Crippen LogP contribution in [0.3, 0.4) is 0 Å². The van der Waals surface area contributed by atoms with Gasteiger partial charge in [-0.2, -0.15) is 0 Å². The van der Waals surface area contributed by atoms with Gasteiger partial charge in [0.2, 0.25) is 0 Å². The third kappa shape index (κ3) is 4.52. The van der Waals surface area contributed by atoms with Crippen LogP contribution in [0.15, 0.2) is 0 Å². The van der Waals surface area contributed by atoms with E-state index < -0.39 is 5.60 Å². The molecule has 90 valence electrons. The fourth-order valence-corrected chi connectivity index (χ4v) is 2.22. The van der Waals surface area contributed by atoms with Crippen molar-refractivity contribution in [2.45, 2.75) is 71.0 Å². The van der Waals surface area contributed by atoms with Crippen molar-refractivity contribution in [3.05, 3.63) is 0 Å². The first-order chi connectivity index (χ1) is 6.85. The summed E-state index contributed by atoms with van der Waals surface area (Å²) in [6.07, 6.45) is 6.24. The van der Waals surface area contributed by atoms with Crippen LogP contribution >= 0.6 is 0 Å². The van der Waals surface area contributed by atoms with Gasteiger partial charge in [-0.3, -0.25) is 0 Å². The first-order valence-electron chi connectivity index (χ1n) is 6.10. The second-order valence-electron chi connectivity index (χ2n) is 6.22. The standard InChI is InChI=1S/C13H26O2/c1-12(2,3)9-10-13(14)7-5-11(15-4)6-8-13/h11,14H,5-10H2,1-4H3. The van der Waals surface area contributed by atoms with Crippen molar-refractivity contribution in [3.8, 4) is 0 Å². The summed E-state index contributed by atoms with van der Waals surface area (Å²) in [5.74, 6) is 0. The summed E-state index contributed by atoms with van der Waals surface area (Å²) in [5, 5.41) is 10.4. The van der Waals surface area contributed by atoms with Gasteiger partial charge < -0.3 is 9.84 Å². The Morgan fingerprint density at radius 3 is 2.20 bits per heavy atom. The number of methoxy groups -OCH3 is 1. The van der Waals surface area contributed by atoms with Crippen molar-refractivity contribution in [2.75, 3.05) is 7.11 Å². The smallest absolute Gasteiger partial charge is 0.0650 e. The summed E-state index contributed by atoms with van der Waals surface area (Å²) in [6.45, 7) is 6.70. The molecule has 0 spiro atoms. The topological polar surface area (TPSA) is 29.5 Å². The molecule has 1 aliphatic carbocycles. The van der Waals surface area contributed by atoms with Gasteiger partial charge in [0.05, 0.1) is 11.7 Å². The van der Waals surface area contributed by atoms with E-state index in [4.69, 9.17) is 4.74 Å². The van der Waals surface area contributed by atoms with Crippen molar-refractivity contribution in [3.63, 3.8) is 0 Å². The van der Waals surface area contributed by atoms with E-state index in [0.717, 1.165) is 38.5 Å². The van der Waals surface area contributed by atoms with Gasteiger partial charge in [-0.1, -0.05) is 20.8 Å². The number of ether oxygens (including phenoxy) is 1. The van der Waals surface area contributed by atoms with Crippen LogP contribution in [0.4, 0.5) is 0 Å². The SMILES string of the molecule is COC1CCC(O)(CCC(C)(C)C)CC1. The van der Waals surface area contributed by atoms with E-state index in [1.807, 2.05) is 0 Å². The molecule has 0 aromatic heterocycles. The van der Waals surface area contributed by atoms with Crippen molar-refractivity contribution in [2.24, 2.45) is 5.41 Å². The summed E-state index contributed by atoms with van der Waals surface area (Å²) in [6, 6.07) is 0. The molecule has 1 saturated carbocycles. The molecular formula is C13H26O2. The lowest BCUT2D eigenvalue weighted by molar-refractivity contribution is -0.0531. The van der Waals surface area contributed by atoms with Crippen LogP contribution in [0.1, 0.15) is 59.3 Å².